The smallest absolute Gasteiger partial charge is 0.342 e. The molecule has 1 aromatic heterocycles. The lowest BCUT2D eigenvalue weighted by atomic mass is 9.69. The molecule has 1 aliphatic carbocycles. The summed E-state index contributed by atoms with van der Waals surface area (Å²) >= 11 is 0. The van der Waals surface area contributed by atoms with Gasteiger partial charge in [0.2, 0.25) is 5.91 Å². The average molecular weight is 450 g/mol. The van der Waals surface area contributed by atoms with Crippen LogP contribution >= 0.6 is 12.4 Å². The van der Waals surface area contributed by atoms with Gasteiger partial charge in [0.1, 0.15) is 5.82 Å². The molecular weight excluding hydrogens is 427 g/mol. The summed E-state index contributed by atoms with van der Waals surface area (Å²) in [7, 11) is 0. The van der Waals surface area contributed by atoms with Gasteiger partial charge >= 0.3 is 6.18 Å². The third kappa shape index (κ3) is 4.03. The molecule has 0 unspecified atom stereocenters. The van der Waals surface area contributed by atoms with Crippen LogP contribution in [0.1, 0.15) is 49.4 Å². The van der Waals surface area contributed by atoms with Crippen molar-refractivity contribution in [2.75, 3.05) is 11.4 Å². The number of alkyl halides is 3. The number of halogens is 4. The van der Waals surface area contributed by atoms with Gasteiger partial charge in [-0.05, 0) is 61.4 Å². The molecule has 0 radical (unpaired) electrons. The second-order valence-corrected chi connectivity index (χ2v) is 8.62. The molecule has 0 bridgehead atoms. The highest BCUT2D eigenvalue weighted by Gasteiger charge is 2.46. The number of amides is 1. The third-order valence-corrected chi connectivity index (χ3v) is 6.65. The van der Waals surface area contributed by atoms with E-state index in [-0.39, 0.29) is 29.6 Å². The highest BCUT2D eigenvalue weighted by atomic mass is 35.5. The molecule has 2 aromatic carbocycles. The molecule has 4 nitrogen and oxygen atoms in total. The number of nitrogens with one attached hydrogen (secondary N) is 1. The highest BCUT2D eigenvalue weighted by molar-refractivity contribution is 5.96. The molecule has 5 rings (SSSR count). The summed E-state index contributed by atoms with van der Waals surface area (Å²) in [4.78, 5) is 22.2. The van der Waals surface area contributed by atoms with Crippen molar-refractivity contribution in [3.8, 4) is 0 Å². The van der Waals surface area contributed by atoms with Crippen LogP contribution in [0, 0.1) is 5.41 Å². The van der Waals surface area contributed by atoms with Gasteiger partial charge in [-0.2, -0.15) is 13.2 Å². The van der Waals surface area contributed by atoms with E-state index in [9.17, 15) is 18.0 Å². The maximum Gasteiger partial charge on any atom is 0.416 e. The van der Waals surface area contributed by atoms with Crippen molar-refractivity contribution >= 4 is 35.0 Å². The SMILES string of the molecule is Cl.O=C1CC2(CCC(c3nc4ccc(C(F)(F)F)cc4[nH]3)CC2)CN1c1ccccc1. The Hall–Kier alpha value is -2.54. The normalized spacial score (nSPS) is 24.0. The van der Waals surface area contributed by atoms with Crippen LogP contribution in [0.2, 0.25) is 0 Å². The van der Waals surface area contributed by atoms with Gasteiger partial charge in [-0.3, -0.25) is 4.79 Å². The largest absolute Gasteiger partial charge is 0.416 e. The minimum atomic E-state index is -4.36. The van der Waals surface area contributed by atoms with E-state index in [2.05, 4.69) is 9.97 Å². The first-order chi connectivity index (χ1) is 14.3. The number of aromatic nitrogens is 2. The first-order valence-corrected chi connectivity index (χ1v) is 10.3. The minimum Gasteiger partial charge on any atom is -0.342 e. The Balaban J connectivity index is 0.00000231. The van der Waals surface area contributed by atoms with Gasteiger partial charge in [-0.15, -0.1) is 12.4 Å². The first-order valence-electron chi connectivity index (χ1n) is 10.3. The third-order valence-electron chi connectivity index (χ3n) is 6.65. The molecule has 31 heavy (non-hydrogen) atoms. The van der Waals surface area contributed by atoms with E-state index in [1.54, 1.807) is 0 Å². The summed E-state index contributed by atoms with van der Waals surface area (Å²) in [6, 6.07) is 13.4. The summed E-state index contributed by atoms with van der Waals surface area (Å²) in [5.41, 5.74) is 1.24. The second-order valence-electron chi connectivity index (χ2n) is 8.62. The fraction of sp³-hybridized carbons (Fsp3) is 0.391. The maximum atomic E-state index is 13.0. The molecule has 1 amide bonds. The molecule has 8 heteroatoms. The summed E-state index contributed by atoms with van der Waals surface area (Å²) < 4.78 is 38.9. The fourth-order valence-corrected chi connectivity index (χ4v) is 4.98. The summed E-state index contributed by atoms with van der Waals surface area (Å²) in [6.07, 6.45) is -0.223. The molecule has 164 valence electrons. The van der Waals surface area contributed by atoms with Crippen molar-refractivity contribution in [2.45, 2.75) is 44.2 Å². The van der Waals surface area contributed by atoms with Crippen molar-refractivity contribution in [3.63, 3.8) is 0 Å². The number of para-hydroxylation sites is 1. The zero-order chi connectivity index (χ0) is 20.9. The van der Waals surface area contributed by atoms with Crippen LogP contribution in [0.4, 0.5) is 18.9 Å². The number of aromatic amines is 1. The zero-order valence-corrected chi connectivity index (χ0v) is 17.6. The number of rotatable bonds is 2. The van der Waals surface area contributed by atoms with Crippen LogP contribution in [-0.2, 0) is 11.0 Å². The van der Waals surface area contributed by atoms with Crippen LogP contribution in [0.25, 0.3) is 11.0 Å². The predicted molar refractivity (Wildman–Crippen MR) is 115 cm³/mol. The van der Waals surface area contributed by atoms with Gasteiger partial charge in [-0.25, -0.2) is 4.98 Å². The Kier molecular flexibility index (Phi) is 5.50. The number of carbonyl (C=O) groups is 1. The Morgan fingerprint density at radius 2 is 1.77 bits per heavy atom. The Labute approximate surface area is 184 Å². The number of carbonyl (C=O) groups excluding carboxylic acids is 1. The number of anilines is 1. The highest BCUT2D eigenvalue weighted by Crippen LogP contribution is 2.49. The van der Waals surface area contributed by atoms with E-state index >= 15 is 0 Å². The average Bonchev–Trinajstić information content (AvgIpc) is 3.29. The van der Waals surface area contributed by atoms with Crippen molar-refractivity contribution in [2.24, 2.45) is 5.41 Å². The maximum absolute atomic E-state index is 13.0. The monoisotopic (exact) mass is 449 g/mol. The standard InChI is InChI=1S/C23H22F3N3O.ClH/c24-23(25,26)16-6-7-18-19(12-16)28-21(27-18)15-8-10-22(11-9-15)13-20(30)29(14-22)17-4-2-1-3-5-17;/h1-7,12,15H,8-11,13-14H2,(H,27,28);1H. The molecule has 1 saturated heterocycles. The molecule has 1 N–H and O–H groups in total. The number of benzene rings is 2. The van der Waals surface area contributed by atoms with Crippen molar-refractivity contribution in [3.05, 3.63) is 59.9 Å². The van der Waals surface area contributed by atoms with Crippen molar-refractivity contribution < 1.29 is 18.0 Å². The van der Waals surface area contributed by atoms with Crippen LogP contribution in [0.5, 0.6) is 0 Å². The summed E-state index contributed by atoms with van der Waals surface area (Å²) in [5.74, 6) is 1.10. The molecular formula is C23H23ClF3N3O. The lowest BCUT2D eigenvalue weighted by Crippen LogP contribution is -2.31. The molecule has 2 aliphatic rings. The van der Waals surface area contributed by atoms with Crippen LogP contribution < -0.4 is 4.90 Å². The molecule has 2 heterocycles. The molecule has 1 spiro atoms. The van der Waals surface area contributed by atoms with Gasteiger partial charge in [-0.1, -0.05) is 18.2 Å². The molecule has 2 fully saturated rings. The quantitative estimate of drug-likeness (QED) is 0.515. The van der Waals surface area contributed by atoms with Gasteiger partial charge < -0.3 is 9.88 Å². The number of hydrogen-bond donors (Lipinski definition) is 1. The second kappa shape index (κ2) is 7.86. The van der Waals surface area contributed by atoms with E-state index in [1.165, 1.54) is 6.07 Å². The minimum absolute atomic E-state index is 0. The summed E-state index contributed by atoms with van der Waals surface area (Å²) in [6.45, 7) is 0.734. The number of nitrogens with zero attached hydrogens (tertiary/aromatic N) is 2. The number of H-pyrrole nitrogens is 1. The lowest BCUT2D eigenvalue weighted by molar-refractivity contribution is -0.137. The van der Waals surface area contributed by atoms with E-state index in [4.69, 9.17) is 0 Å². The fourth-order valence-electron chi connectivity index (χ4n) is 4.98. The lowest BCUT2D eigenvalue weighted by Gasteiger charge is -2.36. The molecule has 0 atom stereocenters. The number of fused-ring (bicyclic) bond motifs is 1. The van der Waals surface area contributed by atoms with E-state index in [0.29, 0.717) is 17.5 Å². The van der Waals surface area contributed by atoms with Crippen molar-refractivity contribution in [1.82, 2.24) is 9.97 Å². The molecule has 1 saturated carbocycles. The van der Waals surface area contributed by atoms with Crippen LogP contribution in [0.3, 0.4) is 0 Å². The van der Waals surface area contributed by atoms with Gasteiger partial charge in [0.25, 0.3) is 0 Å². The number of imidazole rings is 1. The zero-order valence-electron chi connectivity index (χ0n) is 16.8. The molecule has 1 aliphatic heterocycles. The van der Waals surface area contributed by atoms with Crippen LogP contribution in [0.15, 0.2) is 48.5 Å². The van der Waals surface area contributed by atoms with Gasteiger partial charge in [0.05, 0.1) is 16.6 Å². The van der Waals surface area contributed by atoms with E-state index < -0.39 is 11.7 Å². The Morgan fingerprint density at radius 1 is 1.06 bits per heavy atom. The predicted octanol–water partition coefficient (Wildman–Crippen LogP) is 6.08. The topological polar surface area (TPSA) is 49.0 Å². The van der Waals surface area contributed by atoms with E-state index in [0.717, 1.165) is 55.9 Å². The van der Waals surface area contributed by atoms with Crippen LogP contribution in [-0.4, -0.2) is 22.4 Å². The van der Waals surface area contributed by atoms with Gasteiger partial charge in [0.15, 0.2) is 0 Å². The Bertz CT molecular complexity index is 1090. The Morgan fingerprint density at radius 3 is 2.45 bits per heavy atom. The van der Waals surface area contributed by atoms with Crippen molar-refractivity contribution in [1.29, 1.82) is 0 Å². The number of hydrogen-bond acceptors (Lipinski definition) is 2. The van der Waals surface area contributed by atoms with E-state index in [1.807, 2.05) is 35.2 Å². The first kappa shape index (κ1) is 21.7. The summed E-state index contributed by atoms with van der Waals surface area (Å²) in [5, 5.41) is 0. The molecule has 3 aromatic rings. The van der Waals surface area contributed by atoms with Gasteiger partial charge in [0, 0.05) is 24.6 Å².